The zero-order valence-electron chi connectivity index (χ0n) is 15.2. The topological polar surface area (TPSA) is 59.1 Å². The van der Waals surface area contributed by atoms with Crippen molar-refractivity contribution in [2.75, 3.05) is 11.0 Å². The number of aromatic nitrogens is 1. The van der Waals surface area contributed by atoms with E-state index in [1.807, 2.05) is 30.5 Å². The van der Waals surface area contributed by atoms with Crippen LogP contribution >= 0.6 is 0 Å². The quantitative estimate of drug-likeness (QED) is 0.748. The standard InChI is InChI=1S/C22H22N2O2S/c1-27(25,26)24-19-9-4-6-16(14-19)15-21-20-10-3-2-7-17(20)11-12-18-8-5-13-23-22(18)21/h2-10,13-14,21,24H,11-12,15H2,1H3. The summed E-state index contributed by atoms with van der Waals surface area (Å²) in [5.41, 5.74) is 6.79. The molecule has 1 N–H and O–H groups in total. The molecule has 5 heteroatoms. The molecule has 2 aromatic carbocycles. The van der Waals surface area contributed by atoms with Gasteiger partial charge in [-0.1, -0.05) is 42.5 Å². The van der Waals surface area contributed by atoms with E-state index >= 15 is 0 Å². The average molecular weight is 378 g/mol. The maximum Gasteiger partial charge on any atom is 0.229 e. The number of anilines is 1. The molecule has 0 radical (unpaired) electrons. The maximum atomic E-state index is 11.6. The minimum atomic E-state index is -3.29. The highest BCUT2D eigenvalue weighted by Crippen LogP contribution is 2.35. The zero-order chi connectivity index (χ0) is 18.9. The van der Waals surface area contributed by atoms with Crippen molar-refractivity contribution in [3.8, 4) is 0 Å². The predicted molar refractivity (Wildman–Crippen MR) is 109 cm³/mol. The second kappa shape index (κ2) is 7.16. The van der Waals surface area contributed by atoms with Gasteiger partial charge in [-0.25, -0.2) is 8.42 Å². The second-order valence-corrected chi connectivity index (χ2v) is 8.83. The average Bonchev–Trinajstić information content (AvgIpc) is 2.79. The molecule has 4 nitrogen and oxygen atoms in total. The van der Waals surface area contributed by atoms with Crippen molar-refractivity contribution in [1.29, 1.82) is 0 Å². The molecule has 0 saturated heterocycles. The predicted octanol–water partition coefficient (Wildman–Crippen LogP) is 3.93. The number of hydrogen-bond donors (Lipinski definition) is 1. The number of fused-ring (bicyclic) bond motifs is 2. The highest BCUT2D eigenvalue weighted by Gasteiger charge is 2.24. The van der Waals surface area contributed by atoms with Crippen LogP contribution in [-0.4, -0.2) is 19.7 Å². The molecule has 1 aliphatic rings. The van der Waals surface area contributed by atoms with Crippen LogP contribution in [0.4, 0.5) is 5.69 Å². The van der Waals surface area contributed by atoms with E-state index in [0.717, 1.165) is 30.5 Å². The normalized spacial score (nSPS) is 16.1. The summed E-state index contributed by atoms with van der Waals surface area (Å²) in [5.74, 6) is 0.161. The highest BCUT2D eigenvalue weighted by atomic mass is 32.2. The fourth-order valence-electron chi connectivity index (χ4n) is 3.91. The lowest BCUT2D eigenvalue weighted by Gasteiger charge is -2.20. The molecule has 0 aliphatic heterocycles. The Bertz CT molecular complexity index is 1030. The number of nitrogens with zero attached hydrogens (tertiary/aromatic N) is 1. The molecule has 0 saturated carbocycles. The van der Waals surface area contributed by atoms with Gasteiger partial charge in [-0.2, -0.15) is 0 Å². The number of benzene rings is 2. The van der Waals surface area contributed by atoms with Gasteiger partial charge in [0.25, 0.3) is 0 Å². The third-order valence-corrected chi connectivity index (χ3v) is 5.63. The molecule has 0 spiro atoms. The van der Waals surface area contributed by atoms with Gasteiger partial charge >= 0.3 is 0 Å². The van der Waals surface area contributed by atoms with Crippen LogP contribution in [0.1, 0.15) is 33.9 Å². The second-order valence-electron chi connectivity index (χ2n) is 7.08. The van der Waals surface area contributed by atoms with Crippen LogP contribution in [0.3, 0.4) is 0 Å². The van der Waals surface area contributed by atoms with Crippen LogP contribution in [0.5, 0.6) is 0 Å². The van der Waals surface area contributed by atoms with Crippen LogP contribution < -0.4 is 4.72 Å². The summed E-state index contributed by atoms with van der Waals surface area (Å²) in [6.07, 6.45) is 5.82. The van der Waals surface area contributed by atoms with Gasteiger partial charge in [-0.05, 0) is 59.7 Å². The summed E-state index contributed by atoms with van der Waals surface area (Å²) < 4.78 is 25.7. The van der Waals surface area contributed by atoms with Crippen molar-refractivity contribution < 1.29 is 8.42 Å². The van der Waals surface area contributed by atoms with Crippen molar-refractivity contribution in [2.24, 2.45) is 0 Å². The molecule has 27 heavy (non-hydrogen) atoms. The summed E-state index contributed by atoms with van der Waals surface area (Å²) in [6, 6.07) is 20.4. The molecule has 4 rings (SSSR count). The Morgan fingerprint density at radius 3 is 2.63 bits per heavy atom. The lowest BCUT2D eigenvalue weighted by atomic mass is 9.86. The van der Waals surface area contributed by atoms with Gasteiger partial charge in [0, 0.05) is 17.8 Å². The summed E-state index contributed by atoms with van der Waals surface area (Å²) >= 11 is 0. The number of nitrogens with one attached hydrogen (secondary N) is 1. The molecular formula is C22H22N2O2S. The van der Waals surface area contributed by atoms with Crippen LogP contribution in [-0.2, 0) is 29.3 Å². The molecule has 0 amide bonds. The minimum absolute atomic E-state index is 0.161. The molecule has 0 bridgehead atoms. The van der Waals surface area contributed by atoms with Crippen molar-refractivity contribution in [3.05, 3.63) is 94.8 Å². The van der Waals surface area contributed by atoms with Gasteiger partial charge in [0.05, 0.1) is 11.9 Å². The van der Waals surface area contributed by atoms with E-state index in [1.54, 1.807) is 6.07 Å². The van der Waals surface area contributed by atoms with E-state index in [1.165, 1.54) is 22.9 Å². The van der Waals surface area contributed by atoms with Crippen LogP contribution in [0.2, 0.25) is 0 Å². The molecule has 0 fully saturated rings. The van der Waals surface area contributed by atoms with Gasteiger partial charge in [-0.15, -0.1) is 0 Å². The minimum Gasteiger partial charge on any atom is -0.284 e. The van der Waals surface area contributed by atoms with Crippen molar-refractivity contribution >= 4 is 15.7 Å². The van der Waals surface area contributed by atoms with Gasteiger partial charge in [0.1, 0.15) is 0 Å². The molecule has 138 valence electrons. The van der Waals surface area contributed by atoms with Gasteiger partial charge in [0.2, 0.25) is 10.0 Å². The van der Waals surface area contributed by atoms with Gasteiger partial charge in [-0.3, -0.25) is 9.71 Å². The lowest BCUT2D eigenvalue weighted by molar-refractivity contribution is 0.607. The molecule has 1 atom stereocenters. The number of hydrogen-bond acceptors (Lipinski definition) is 3. The third-order valence-electron chi connectivity index (χ3n) is 5.02. The largest absolute Gasteiger partial charge is 0.284 e. The Kier molecular flexibility index (Phi) is 4.70. The SMILES string of the molecule is CS(=O)(=O)Nc1cccc(CC2c3ccccc3CCc3cccnc32)c1. The van der Waals surface area contributed by atoms with Gasteiger partial charge in [0.15, 0.2) is 0 Å². The van der Waals surface area contributed by atoms with Crippen LogP contribution in [0.25, 0.3) is 0 Å². The Morgan fingerprint density at radius 2 is 1.78 bits per heavy atom. The van der Waals surface area contributed by atoms with Gasteiger partial charge < -0.3 is 0 Å². The summed E-state index contributed by atoms with van der Waals surface area (Å²) in [5, 5.41) is 0. The van der Waals surface area contributed by atoms with Crippen molar-refractivity contribution in [2.45, 2.75) is 25.2 Å². The number of aryl methyl sites for hydroxylation is 2. The summed E-state index contributed by atoms with van der Waals surface area (Å²) in [4.78, 5) is 4.73. The number of rotatable bonds is 4. The zero-order valence-corrected chi connectivity index (χ0v) is 16.0. The molecule has 1 aromatic heterocycles. The first kappa shape index (κ1) is 17.7. The van der Waals surface area contributed by atoms with E-state index in [4.69, 9.17) is 4.98 Å². The molecule has 3 aromatic rings. The molecule has 1 unspecified atom stereocenters. The first-order chi connectivity index (χ1) is 13.0. The van der Waals surface area contributed by atoms with Crippen LogP contribution in [0, 0.1) is 0 Å². The van der Waals surface area contributed by atoms with Crippen LogP contribution in [0.15, 0.2) is 66.9 Å². The summed E-state index contributed by atoms with van der Waals surface area (Å²) in [6.45, 7) is 0. The monoisotopic (exact) mass is 378 g/mol. The van der Waals surface area contributed by atoms with E-state index in [0.29, 0.717) is 5.69 Å². The number of pyridine rings is 1. The van der Waals surface area contributed by atoms with E-state index < -0.39 is 10.0 Å². The fraction of sp³-hybridized carbons (Fsp3) is 0.227. The first-order valence-corrected chi connectivity index (χ1v) is 11.0. The molecule has 1 aliphatic carbocycles. The third kappa shape index (κ3) is 4.03. The Hall–Kier alpha value is -2.66. The first-order valence-electron chi connectivity index (χ1n) is 9.08. The fourth-order valence-corrected chi connectivity index (χ4v) is 4.47. The molecule has 1 heterocycles. The number of sulfonamides is 1. The highest BCUT2D eigenvalue weighted by molar-refractivity contribution is 7.92. The van der Waals surface area contributed by atoms with Crippen molar-refractivity contribution in [1.82, 2.24) is 4.98 Å². The Balaban J connectivity index is 1.74. The summed E-state index contributed by atoms with van der Waals surface area (Å²) in [7, 11) is -3.29. The Morgan fingerprint density at radius 1 is 1.00 bits per heavy atom. The maximum absolute atomic E-state index is 11.6. The van der Waals surface area contributed by atoms with E-state index in [-0.39, 0.29) is 5.92 Å². The van der Waals surface area contributed by atoms with E-state index in [9.17, 15) is 8.42 Å². The van der Waals surface area contributed by atoms with E-state index in [2.05, 4.69) is 35.1 Å². The molecular weight excluding hydrogens is 356 g/mol. The smallest absolute Gasteiger partial charge is 0.229 e. The van der Waals surface area contributed by atoms with Crippen molar-refractivity contribution in [3.63, 3.8) is 0 Å². The lowest BCUT2D eigenvalue weighted by Crippen LogP contribution is -2.11. The Labute approximate surface area is 160 Å².